The predicted molar refractivity (Wildman–Crippen MR) is 72.6 cm³/mol. The SMILES string of the molecule is COCC(N)CCNc1ccccc1S(=O)(=O)C(F)(F)F. The molecule has 0 aliphatic rings. The molecule has 0 bridgehead atoms. The molecule has 9 heteroatoms. The van der Waals surface area contributed by atoms with Gasteiger partial charge in [-0.25, -0.2) is 8.42 Å². The minimum Gasteiger partial charge on any atom is -0.384 e. The lowest BCUT2D eigenvalue weighted by molar-refractivity contribution is -0.0435. The Labute approximate surface area is 121 Å². The van der Waals surface area contributed by atoms with Crippen LogP contribution >= 0.6 is 0 Å². The van der Waals surface area contributed by atoms with Crippen molar-refractivity contribution in [2.75, 3.05) is 25.6 Å². The first kappa shape index (κ1) is 17.7. The van der Waals surface area contributed by atoms with Crippen LogP contribution in [-0.2, 0) is 14.6 Å². The second-order valence-corrected chi connectivity index (χ2v) is 6.29. The van der Waals surface area contributed by atoms with Crippen molar-refractivity contribution in [1.82, 2.24) is 0 Å². The monoisotopic (exact) mass is 326 g/mol. The molecule has 21 heavy (non-hydrogen) atoms. The maximum absolute atomic E-state index is 12.6. The average Bonchev–Trinajstić information content (AvgIpc) is 2.38. The highest BCUT2D eigenvalue weighted by Gasteiger charge is 2.47. The van der Waals surface area contributed by atoms with Crippen molar-refractivity contribution in [2.24, 2.45) is 5.73 Å². The number of anilines is 1. The molecule has 0 aliphatic carbocycles. The van der Waals surface area contributed by atoms with Gasteiger partial charge in [0.25, 0.3) is 9.84 Å². The van der Waals surface area contributed by atoms with E-state index in [1.807, 2.05) is 0 Å². The molecule has 0 heterocycles. The van der Waals surface area contributed by atoms with Crippen LogP contribution in [0.25, 0.3) is 0 Å². The van der Waals surface area contributed by atoms with Gasteiger partial charge in [-0.05, 0) is 18.6 Å². The van der Waals surface area contributed by atoms with Crippen LogP contribution in [0, 0.1) is 0 Å². The predicted octanol–water partition coefficient (Wildman–Crippen LogP) is 1.76. The number of nitrogens with two attached hydrogens (primary N) is 1. The zero-order chi connectivity index (χ0) is 16.1. The Morgan fingerprint density at radius 3 is 2.52 bits per heavy atom. The molecule has 0 aromatic heterocycles. The third-order valence-corrected chi connectivity index (χ3v) is 4.24. The van der Waals surface area contributed by atoms with Crippen molar-refractivity contribution < 1.29 is 26.3 Å². The van der Waals surface area contributed by atoms with Crippen LogP contribution in [0.2, 0.25) is 0 Å². The van der Waals surface area contributed by atoms with E-state index in [2.05, 4.69) is 5.32 Å². The number of methoxy groups -OCH3 is 1. The molecule has 0 radical (unpaired) electrons. The molecule has 1 aromatic rings. The minimum absolute atomic E-state index is 0.0977. The summed E-state index contributed by atoms with van der Waals surface area (Å²) in [4.78, 5) is -0.794. The van der Waals surface area contributed by atoms with E-state index in [-0.39, 0.29) is 18.3 Å². The fraction of sp³-hybridized carbons (Fsp3) is 0.500. The van der Waals surface area contributed by atoms with Gasteiger partial charge in [0.15, 0.2) is 0 Å². The summed E-state index contributed by atoms with van der Waals surface area (Å²) in [5, 5.41) is 2.67. The Balaban J connectivity index is 2.87. The van der Waals surface area contributed by atoms with Crippen molar-refractivity contribution >= 4 is 15.5 Å². The summed E-state index contributed by atoms with van der Waals surface area (Å²) < 4.78 is 65.6. The summed E-state index contributed by atoms with van der Waals surface area (Å²) in [7, 11) is -3.90. The Morgan fingerprint density at radius 1 is 1.33 bits per heavy atom. The first-order valence-electron chi connectivity index (χ1n) is 6.09. The molecule has 0 saturated heterocycles. The van der Waals surface area contributed by atoms with E-state index < -0.39 is 20.2 Å². The minimum atomic E-state index is -5.39. The molecular formula is C12H17F3N2O3S. The maximum Gasteiger partial charge on any atom is 0.501 e. The number of benzene rings is 1. The summed E-state index contributed by atoms with van der Waals surface area (Å²) in [6.07, 6.45) is 0.425. The van der Waals surface area contributed by atoms with E-state index in [0.29, 0.717) is 13.0 Å². The molecule has 0 aliphatic heterocycles. The Kier molecular flexibility index (Phi) is 5.99. The normalized spacial score (nSPS) is 14.0. The van der Waals surface area contributed by atoms with Crippen molar-refractivity contribution in [1.29, 1.82) is 0 Å². The first-order valence-corrected chi connectivity index (χ1v) is 7.57. The van der Waals surface area contributed by atoms with Gasteiger partial charge in [0.2, 0.25) is 0 Å². The molecule has 0 fully saturated rings. The van der Waals surface area contributed by atoms with Crippen LogP contribution < -0.4 is 11.1 Å². The number of rotatable bonds is 7. The van der Waals surface area contributed by atoms with E-state index >= 15 is 0 Å². The number of ether oxygens (including phenoxy) is 1. The number of para-hydroxylation sites is 1. The molecule has 3 N–H and O–H groups in total. The van der Waals surface area contributed by atoms with Crippen LogP contribution in [0.1, 0.15) is 6.42 Å². The van der Waals surface area contributed by atoms with Gasteiger partial charge >= 0.3 is 5.51 Å². The van der Waals surface area contributed by atoms with Crippen LogP contribution in [0.4, 0.5) is 18.9 Å². The van der Waals surface area contributed by atoms with Crippen molar-refractivity contribution in [3.05, 3.63) is 24.3 Å². The van der Waals surface area contributed by atoms with Gasteiger partial charge in [0.1, 0.15) is 0 Å². The maximum atomic E-state index is 12.6. The second kappa shape index (κ2) is 7.10. The Morgan fingerprint density at radius 2 is 1.95 bits per heavy atom. The van der Waals surface area contributed by atoms with Crippen LogP contribution in [0.3, 0.4) is 0 Å². The van der Waals surface area contributed by atoms with Crippen molar-refractivity contribution in [2.45, 2.75) is 22.9 Å². The zero-order valence-corrected chi connectivity index (χ0v) is 12.2. The third kappa shape index (κ3) is 4.58. The van der Waals surface area contributed by atoms with E-state index in [9.17, 15) is 21.6 Å². The smallest absolute Gasteiger partial charge is 0.384 e. The van der Waals surface area contributed by atoms with Gasteiger partial charge in [-0.3, -0.25) is 0 Å². The molecule has 0 amide bonds. The third-order valence-electron chi connectivity index (χ3n) is 2.69. The standard InChI is InChI=1S/C12H17F3N2O3S/c1-20-8-9(16)6-7-17-10-4-2-3-5-11(10)21(18,19)12(13,14)15/h2-5,9,17H,6-8,16H2,1H3. The van der Waals surface area contributed by atoms with Crippen LogP contribution in [-0.4, -0.2) is 40.2 Å². The van der Waals surface area contributed by atoms with Crippen LogP contribution in [0.15, 0.2) is 29.2 Å². The molecule has 5 nitrogen and oxygen atoms in total. The van der Waals surface area contributed by atoms with Gasteiger partial charge < -0.3 is 15.8 Å². The summed E-state index contributed by atoms with van der Waals surface area (Å²) in [6.45, 7) is 0.541. The molecule has 0 spiro atoms. The lowest BCUT2D eigenvalue weighted by Crippen LogP contribution is -2.28. The van der Waals surface area contributed by atoms with E-state index in [0.717, 1.165) is 6.07 Å². The summed E-state index contributed by atoms with van der Waals surface area (Å²) >= 11 is 0. The molecular weight excluding hydrogens is 309 g/mol. The number of nitrogens with one attached hydrogen (secondary N) is 1. The van der Waals surface area contributed by atoms with E-state index in [1.54, 1.807) is 0 Å². The zero-order valence-electron chi connectivity index (χ0n) is 11.4. The van der Waals surface area contributed by atoms with Crippen molar-refractivity contribution in [3.63, 3.8) is 0 Å². The molecule has 1 rings (SSSR count). The first-order chi connectivity index (χ1) is 9.70. The fourth-order valence-electron chi connectivity index (χ4n) is 1.66. The lowest BCUT2D eigenvalue weighted by Gasteiger charge is -2.15. The van der Waals surface area contributed by atoms with Gasteiger partial charge in [-0.15, -0.1) is 0 Å². The number of hydrogen-bond donors (Lipinski definition) is 2. The van der Waals surface area contributed by atoms with Crippen molar-refractivity contribution in [3.8, 4) is 0 Å². The number of halogens is 3. The molecule has 1 unspecified atom stereocenters. The summed E-state index contributed by atoms with van der Waals surface area (Å²) in [5.41, 5.74) is 0.244. The van der Waals surface area contributed by atoms with Gasteiger partial charge in [0.05, 0.1) is 17.2 Å². The van der Waals surface area contributed by atoms with Gasteiger partial charge in [0, 0.05) is 19.7 Å². The quantitative estimate of drug-likeness (QED) is 0.798. The topological polar surface area (TPSA) is 81.4 Å². The van der Waals surface area contributed by atoms with Gasteiger partial charge in [-0.2, -0.15) is 13.2 Å². The van der Waals surface area contributed by atoms with Gasteiger partial charge in [-0.1, -0.05) is 12.1 Å². The molecule has 1 aromatic carbocycles. The number of hydrogen-bond acceptors (Lipinski definition) is 5. The fourth-order valence-corrected chi connectivity index (χ4v) is 2.60. The molecule has 0 saturated carbocycles. The number of alkyl halides is 3. The Hall–Kier alpha value is -1.32. The largest absolute Gasteiger partial charge is 0.501 e. The highest BCUT2D eigenvalue weighted by atomic mass is 32.2. The molecule has 120 valence electrons. The number of sulfone groups is 1. The lowest BCUT2D eigenvalue weighted by atomic mass is 10.2. The highest BCUT2D eigenvalue weighted by Crippen LogP contribution is 2.34. The average molecular weight is 326 g/mol. The van der Waals surface area contributed by atoms with E-state index in [1.165, 1.54) is 25.3 Å². The summed E-state index contributed by atoms with van der Waals surface area (Å²) in [6, 6.07) is 4.60. The van der Waals surface area contributed by atoms with E-state index in [4.69, 9.17) is 10.5 Å². The Bertz CT molecular complexity index is 561. The second-order valence-electron chi connectivity index (χ2n) is 4.38. The van der Waals surface area contributed by atoms with Crippen LogP contribution in [0.5, 0.6) is 0 Å². The highest BCUT2D eigenvalue weighted by molar-refractivity contribution is 7.92. The molecule has 1 atom stereocenters. The summed E-state index contributed by atoms with van der Waals surface area (Å²) in [5.74, 6) is 0.